The Labute approximate surface area is 123 Å². The first-order valence-corrected chi connectivity index (χ1v) is 8.04. The molecule has 0 radical (unpaired) electrons. The molecule has 0 bridgehead atoms. The van der Waals surface area contributed by atoms with Gasteiger partial charge in [0.25, 0.3) is 0 Å². The van der Waals surface area contributed by atoms with Gasteiger partial charge in [-0.2, -0.15) is 0 Å². The van der Waals surface area contributed by atoms with Crippen LogP contribution in [0.15, 0.2) is 0 Å². The van der Waals surface area contributed by atoms with E-state index in [1.54, 1.807) is 0 Å². The van der Waals surface area contributed by atoms with Crippen LogP contribution >= 0.6 is 0 Å². The monoisotopic (exact) mass is 285 g/mol. The Morgan fingerprint density at radius 2 is 1.85 bits per heavy atom. The van der Waals surface area contributed by atoms with E-state index in [2.05, 4.69) is 22.5 Å². The number of aliphatic hydroxyl groups excluding tert-OH is 1. The number of urea groups is 1. The van der Waals surface area contributed by atoms with Crippen molar-refractivity contribution in [2.24, 2.45) is 5.92 Å². The number of rotatable bonds is 8. The van der Waals surface area contributed by atoms with Gasteiger partial charge in [0, 0.05) is 19.6 Å². The lowest BCUT2D eigenvalue weighted by Crippen LogP contribution is -2.43. The number of aliphatic hydroxyl groups is 1. The van der Waals surface area contributed by atoms with E-state index in [9.17, 15) is 9.90 Å². The summed E-state index contributed by atoms with van der Waals surface area (Å²) in [6, 6.07) is -0.175. The number of nitrogens with one attached hydrogen (secondary N) is 2. The fraction of sp³-hybridized carbons (Fsp3) is 0.933. The topological polar surface area (TPSA) is 64.6 Å². The second kappa shape index (κ2) is 10.00. The SMILES string of the molecule is CCCC(O)CNC(=O)NCC(C)CN1CCCCC1. The molecule has 0 aromatic heterocycles. The zero-order valence-electron chi connectivity index (χ0n) is 13.0. The first-order chi connectivity index (χ1) is 9.61. The zero-order valence-corrected chi connectivity index (χ0v) is 13.0. The highest BCUT2D eigenvalue weighted by Gasteiger charge is 2.14. The molecule has 5 heteroatoms. The van der Waals surface area contributed by atoms with E-state index in [-0.39, 0.29) is 6.03 Å². The summed E-state index contributed by atoms with van der Waals surface area (Å²) < 4.78 is 0. The number of carbonyl (C=O) groups is 1. The summed E-state index contributed by atoms with van der Waals surface area (Å²) in [5.41, 5.74) is 0. The number of hydrogen-bond acceptors (Lipinski definition) is 3. The summed E-state index contributed by atoms with van der Waals surface area (Å²) in [7, 11) is 0. The fourth-order valence-corrected chi connectivity index (χ4v) is 2.62. The molecule has 0 aliphatic carbocycles. The second-order valence-corrected chi connectivity index (χ2v) is 6.00. The summed E-state index contributed by atoms with van der Waals surface area (Å²) in [5, 5.41) is 15.1. The van der Waals surface area contributed by atoms with E-state index in [4.69, 9.17) is 0 Å². The first-order valence-electron chi connectivity index (χ1n) is 8.04. The maximum atomic E-state index is 11.6. The van der Waals surface area contributed by atoms with Crippen molar-refractivity contribution >= 4 is 6.03 Å². The van der Waals surface area contributed by atoms with Gasteiger partial charge in [0.05, 0.1) is 6.10 Å². The fourth-order valence-electron chi connectivity index (χ4n) is 2.62. The van der Waals surface area contributed by atoms with E-state index in [0.29, 0.717) is 19.0 Å². The largest absolute Gasteiger partial charge is 0.391 e. The molecule has 20 heavy (non-hydrogen) atoms. The van der Waals surface area contributed by atoms with Crippen LogP contribution in [0.4, 0.5) is 4.79 Å². The van der Waals surface area contributed by atoms with E-state index >= 15 is 0 Å². The van der Waals surface area contributed by atoms with Crippen LogP contribution in [0, 0.1) is 5.92 Å². The van der Waals surface area contributed by atoms with Gasteiger partial charge in [0.15, 0.2) is 0 Å². The van der Waals surface area contributed by atoms with Crippen molar-refractivity contribution in [3.8, 4) is 0 Å². The van der Waals surface area contributed by atoms with Gasteiger partial charge in [-0.15, -0.1) is 0 Å². The summed E-state index contributed by atoms with van der Waals surface area (Å²) in [4.78, 5) is 14.1. The molecule has 2 unspecified atom stereocenters. The van der Waals surface area contributed by atoms with Gasteiger partial charge in [-0.1, -0.05) is 26.7 Å². The number of amides is 2. The van der Waals surface area contributed by atoms with Crippen LogP contribution in [0.5, 0.6) is 0 Å². The van der Waals surface area contributed by atoms with Gasteiger partial charge in [0.1, 0.15) is 0 Å². The van der Waals surface area contributed by atoms with Crippen molar-refractivity contribution in [2.75, 3.05) is 32.7 Å². The Bertz CT molecular complexity index is 268. The van der Waals surface area contributed by atoms with Gasteiger partial charge in [0.2, 0.25) is 0 Å². The highest BCUT2D eigenvalue weighted by atomic mass is 16.3. The van der Waals surface area contributed by atoms with Crippen molar-refractivity contribution in [2.45, 2.75) is 52.1 Å². The molecule has 1 rings (SSSR count). The molecular formula is C15H31N3O2. The molecule has 1 fully saturated rings. The smallest absolute Gasteiger partial charge is 0.314 e. The normalized spacial score (nSPS) is 19.4. The number of carbonyl (C=O) groups excluding carboxylic acids is 1. The molecular weight excluding hydrogens is 254 g/mol. The maximum Gasteiger partial charge on any atom is 0.314 e. The molecule has 1 heterocycles. The van der Waals surface area contributed by atoms with E-state index < -0.39 is 6.10 Å². The molecule has 118 valence electrons. The number of likely N-dealkylation sites (tertiary alicyclic amines) is 1. The van der Waals surface area contributed by atoms with Crippen molar-refractivity contribution in [1.29, 1.82) is 0 Å². The molecule has 2 atom stereocenters. The van der Waals surface area contributed by atoms with Crippen LogP contribution in [0.1, 0.15) is 46.0 Å². The lowest BCUT2D eigenvalue weighted by atomic mass is 10.1. The average molecular weight is 285 g/mol. The van der Waals surface area contributed by atoms with Crippen LogP contribution < -0.4 is 10.6 Å². The Hall–Kier alpha value is -0.810. The quantitative estimate of drug-likeness (QED) is 0.634. The van der Waals surface area contributed by atoms with Gasteiger partial charge in [-0.05, 0) is 38.3 Å². The zero-order chi connectivity index (χ0) is 14.8. The molecule has 0 spiro atoms. The van der Waals surface area contributed by atoms with Crippen molar-refractivity contribution < 1.29 is 9.90 Å². The number of hydrogen-bond donors (Lipinski definition) is 3. The Morgan fingerprint density at radius 3 is 2.50 bits per heavy atom. The standard InChI is InChI=1S/C15H31N3O2/c1-3-7-14(19)11-17-15(20)16-10-13(2)12-18-8-5-4-6-9-18/h13-14,19H,3-12H2,1-2H3,(H2,16,17,20). The Morgan fingerprint density at radius 1 is 1.20 bits per heavy atom. The summed E-state index contributed by atoms with van der Waals surface area (Å²) >= 11 is 0. The third-order valence-electron chi connectivity index (χ3n) is 3.75. The molecule has 0 aromatic rings. The van der Waals surface area contributed by atoms with Crippen molar-refractivity contribution in [3.05, 3.63) is 0 Å². The minimum Gasteiger partial charge on any atom is -0.391 e. The highest BCUT2D eigenvalue weighted by Crippen LogP contribution is 2.10. The molecule has 1 aliphatic heterocycles. The van der Waals surface area contributed by atoms with Crippen molar-refractivity contribution in [3.63, 3.8) is 0 Å². The first kappa shape index (κ1) is 17.2. The number of nitrogens with zero attached hydrogens (tertiary/aromatic N) is 1. The predicted molar refractivity (Wildman–Crippen MR) is 81.8 cm³/mol. The maximum absolute atomic E-state index is 11.6. The van der Waals surface area contributed by atoms with Crippen LogP contribution in [-0.2, 0) is 0 Å². The summed E-state index contributed by atoms with van der Waals surface area (Å²) in [5.74, 6) is 0.458. The molecule has 5 nitrogen and oxygen atoms in total. The molecule has 1 saturated heterocycles. The average Bonchev–Trinajstić information content (AvgIpc) is 2.44. The van der Waals surface area contributed by atoms with Gasteiger partial charge >= 0.3 is 6.03 Å². The van der Waals surface area contributed by atoms with Crippen LogP contribution in [-0.4, -0.2) is 54.9 Å². The minimum atomic E-state index is -0.434. The van der Waals surface area contributed by atoms with E-state index in [1.165, 1.54) is 32.4 Å². The number of piperidine rings is 1. The summed E-state index contributed by atoms with van der Waals surface area (Å²) in [6.45, 7) is 8.65. The molecule has 1 aliphatic rings. The highest BCUT2D eigenvalue weighted by molar-refractivity contribution is 5.73. The lowest BCUT2D eigenvalue weighted by Gasteiger charge is -2.29. The molecule has 2 amide bonds. The van der Waals surface area contributed by atoms with Gasteiger partial charge < -0.3 is 20.6 Å². The Balaban J connectivity index is 2.07. The van der Waals surface area contributed by atoms with E-state index in [0.717, 1.165) is 19.4 Å². The molecule has 0 saturated carbocycles. The molecule has 3 N–H and O–H groups in total. The Kier molecular flexibility index (Phi) is 8.62. The van der Waals surface area contributed by atoms with Crippen LogP contribution in [0.2, 0.25) is 0 Å². The summed E-state index contributed by atoms with van der Waals surface area (Å²) in [6.07, 6.45) is 5.18. The van der Waals surface area contributed by atoms with Gasteiger partial charge in [-0.3, -0.25) is 0 Å². The van der Waals surface area contributed by atoms with Crippen LogP contribution in [0.3, 0.4) is 0 Å². The van der Waals surface area contributed by atoms with E-state index in [1.807, 2.05) is 6.92 Å². The second-order valence-electron chi connectivity index (χ2n) is 6.00. The third kappa shape index (κ3) is 7.70. The minimum absolute atomic E-state index is 0.175. The lowest BCUT2D eigenvalue weighted by molar-refractivity contribution is 0.159. The predicted octanol–water partition coefficient (Wildman–Crippen LogP) is 1.57. The van der Waals surface area contributed by atoms with Gasteiger partial charge in [-0.25, -0.2) is 4.79 Å². The molecule has 0 aromatic carbocycles. The third-order valence-corrected chi connectivity index (χ3v) is 3.75. The van der Waals surface area contributed by atoms with Crippen LogP contribution in [0.25, 0.3) is 0 Å². The van der Waals surface area contributed by atoms with Crippen molar-refractivity contribution in [1.82, 2.24) is 15.5 Å².